The zero-order valence-corrected chi connectivity index (χ0v) is 16.8. The SMILES string of the molecule is CC(C)Cn1c(CCC(N)=O)nnc1SCc1ccccc1OC(C)C. The summed E-state index contributed by atoms with van der Waals surface area (Å²) < 4.78 is 7.99. The number of carbonyl (C=O) groups excluding carboxylic acids is 1. The Balaban J connectivity index is 2.15. The van der Waals surface area contributed by atoms with Gasteiger partial charge in [-0.2, -0.15) is 0 Å². The Hall–Kier alpha value is -2.02. The average Bonchev–Trinajstić information content (AvgIpc) is 2.93. The first-order valence-electron chi connectivity index (χ1n) is 8.94. The zero-order chi connectivity index (χ0) is 19.1. The number of aryl methyl sites for hydroxylation is 1. The predicted molar refractivity (Wildman–Crippen MR) is 104 cm³/mol. The molecule has 1 heterocycles. The first-order chi connectivity index (χ1) is 12.4. The van der Waals surface area contributed by atoms with Gasteiger partial charge in [0.05, 0.1) is 6.10 Å². The summed E-state index contributed by atoms with van der Waals surface area (Å²) in [5.74, 6) is 2.59. The third kappa shape index (κ3) is 6.05. The lowest BCUT2D eigenvalue weighted by Gasteiger charge is -2.15. The van der Waals surface area contributed by atoms with E-state index in [0.717, 1.165) is 34.6 Å². The van der Waals surface area contributed by atoms with Crippen LogP contribution in [0.3, 0.4) is 0 Å². The van der Waals surface area contributed by atoms with Gasteiger partial charge in [-0.3, -0.25) is 4.79 Å². The van der Waals surface area contributed by atoms with E-state index in [2.05, 4.69) is 34.7 Å². The molecule has 0 fully saturated rings. The molecule has 2 N–H and O–H groups in total. The Morgan fingerprint density at radius 2 is 1.96 bits per heavy atom. The van der Waals surface area contributed by atoms with E-state index < -0.39 is 0 Å². The number of carbonyl (C=O) groups is 1. The number of hydrogen-bond donors (Lipinski definition) is 1. The highest BCUT2D eigenvalue weighted by atomic mass is 32.2. The molecule has 0 atom stereocenters. The molecule has 1 aromatic carbocycles. The van der Waals surface area contributed by atoms with Gasteiger partial charge in [0.15, 0.2) is 5.16 Å². The van der Waals surface area contributed by atoms with Gasteiger partial charge in [-0.15, -0.1) is 10.2 Å². The van der Waals surface area contributed by atoms with Crippen LogP contribution in [0.4, 0.5) is 0 Å². The Kier molecular flexibility index (Phi) is 7.50. The number of nitrogens with two attached hydrogens (primary N) is 1. The van der Waals surface area contributed by atoms with E-state index in [4.69, 9.17) is 10.5 Å². The van der Waals surface area contributed by atoms with E-state index in [-0.39, 0.29) is 18.4 Å². The van der Waals surface area contributed by atoms with Crippen LogP contribution < -0.4 is 10.5 Å². The molecule has 0 aliphatic rings. The maximum atomic E-state index is 11.1. The second-order valence-corrected chi connectivity index (χ2v) is 7.88. The summed E-state index contributed by atoms with van der Waals surface area (Å²) in [6, 6.07) is 8.06. The summed E-state index contributed by atoms with van der Waals surface area (Å²) in [4.78, 5) is 11.1. The fourth-order valence-corrected chi connectivity index (χ4v) is 3.49. The molecule has 6 nitrogen and oxygen atoms in total. The van der Waals surface area contributed by atoms with Crippen LogP contribution in [0.1, 0.15) is 45.5 Å². The molecule has 0 aliphatic carbocycles. The van der Waals surface area contributed by atoms with Crippen molar-refractivity contribution < 1.29 is 9.53 Å². The first-order valence-corrected chi connectivity index (χ1v) is 9.93. The van der Waals surface area contributed by atoms with Crippen LogP contribution in [0, 0.1) is 5.92 Å². The lowest BCUT2D eigenvalue weighted by molar-refractivity contribution is -0.118. The van der Waals surface area contributed by atoms with Gasteiger partial charge in [0, 0.05) is 30.7 Å². The fraction of sp³-hybridized carbons (Fsp3) is 0.526. The monoisotopic (exact) mass is 376 g/mol. The quantitative estimate of drug-likeness (QED) is 0.642. The Labute approximate surface area is 159 Å². The van der Waals surface area contributed by atoms with Crippen molar-refractivity contribution in [1.82, 2.24) is 14.8 Å². The topological polar surface area (TPSA) is 83.0 Å². The molecule has 0 saturated heterocycles. The van der Waals surface area contributed by atoms with Crippen molar-refractivity contribution in [2.24, 2.45) is 11.7 Å². The molecule has 1 amide bonds. The third-order valence-electron chi connectivity index (χ3n) is 3.63. The molecule has 26 heavy (non-hydrogen) atoms. The van der Waals surface area contributed by atoms with Gasteiger partial charge >= 0.3 is 0 Å². The molecule has 0 spiro atoms. The summed E-state index contributed by atoms with van der Waals surface area (Å²) in [5, 5.41) is 9.47. The van der Waals surface area contributed by atoms with Crippen molar-refractivity contribution in [3.63, 3.8) is 0 Å². The van der Waals surface area contributed by atoms with Crippen LogP contribution >= 0.6 is 11.8 Å². The number of aromatic nitrogens is 3. The molecule has 2 aromatic rings. The number of rotatable bonds is 10. The number of ether oxygens (including phenoxy) is 1. The second kappa shape index (κ2) is 9.62. The molecule has 0 unspecified atom stereocenters. The Morgan fingerprint density at radius 1 is 1.23 bits per heavy atom. The highest BCUT2D eigenvalue weighted by molar-refractivity contribution is 7.98. The molecule has 0 saturated carbocycles. The number of primary amides is 1. The molecule has 0 bridgehead atoms. The van der Waals surface area contributed by atoms with Crippen molar-refractivity contribution in [3.05, 3.63) is 35.7 Å². The molecule has 2 rings (SSSR count). The van der Waals surface area contributed by atoms with Gasteiger partial charge in [0.2, 0.25) is 5.91 Å². The van der Waals surface area contributed by atoms with Crippen LogP contribution in [-0.2, 0) is 23.5 Å². The minimum Gasteiger partial charge on any atom is -0.491 e. The summed E-state index contributed by atoms with van der Waals surface area (Å²) in [5.41, 5.74) is 6.40. The maximum absolute atomic E-state index is 11.1. The molecular weight excluding hydrogens is 348 g/mol. The number of hydrogen-bond acceptors (Lipinski definition) is 5. The molecule has 0 radical (unpaired) electrons. The summed E-state index contributed by atoms with van der Waals surface area (Å²) in [6.07, 6.45) is 0.931. The number of para-hydroxylation sites is 1. The number of nitrogens with zero attached hydrogens (tertiary/aromatic N) is 3. The largest absolute Gasteiger partial charge is 0.491 e. The minimum atomic E-state index is -0.321. The van der Waals surface area contributed by atoms with Gasteiger partial charge in [-0.05, 0) is 25.8 Å². The fourth-order valence-electron chi connectivity index (χ4n) is 2.53. The van der Waals surface area contributed by atoms with Gasteiger partial charge in [-0.25, -0.2) is 0 Å². The normalized spacial score (nSPS) is 11.3. The van der Waals surface area contributed by atoms with E-state index in [1.54, 1.807) is 11.8 Å². The van der Waals surface area contributed by atoms with Crippen LogP contribution in [-0.4, -0.2) is 26.8 Å². The highest BCUT2D eigenvalue weighted by Gasteiger charge is 2.15. The second-order valence-electron chi connectivity index (χ2n) is 6.93. The minimum absolute atomic E-state index is 0.131. The molecule has 142 valence electrons. The van der Waals surface area contributed by atoms with Crippen LogP contribution in [0.5, 0.6) is 5.75 Å². The van der Waals surface area contributed by atoms with Gasteiger partial charge in [0.25, 0.3) is 0 Å². The van der Waals surface area contributed by atoms with Gasteiger partial charge in [0.1, 0.15) is 11.6 Å². The van der Waals surface area contributed by atoms with Crippen LogP contribution in [0.25, 0.3) is 0 Å². The van der Waals surface area contributed by atoms with E-state index in [9.17, 15) is 4.79 Å². The average molecular weight is 377 g/mol. The van der Waals surface area contributed by atoms with Gasteiger partial charge < -0.3 is 15.0 Å². The molecule has 7 heteroatoms. The Bertz CT molecular complexity index is 728. The van der Waals surface area contributed by atoms with Crippen LogP contribution in [0.2, 0.25) is 0 Å². The number of benzene rings is 1. The van der Waals surface area contributed by atoms with Crippen molar-refractivity contribution in [2.45, 2.75) is 64.1 Å². The molecule has 0 aliphatic heterocycles. The van der Waals surface area contributed by atoms with Crippen molar-refractivity contribution in [3.8, 4) is 5.75 Å². The summed E-state index contributed by atoms with van der Waals surface area (Å²) >= 11 is 1.63. The highest BCUT2D eigenvalue weighted by Crippen LogP contribution is 2.28. The van der Waals surface area contributed by atoms with Gasteiger partial charge in [-0.1, -0.05) is 43.8 Å². The third-order valence-corrected chi connectivity index (χ3v) is 4.64. The van der Waals surface area contributed by atoms with Crippen molar-refractivity contribution in [2.75, 3.05) is 0 Å². The number of amides is 1. The Morgan fingerprint density at radius 3 is 2.62 bits per heavy atom. The molecule has 1 aromatic heterocycles. The first kappa shape index (κ1) is 20.3. The van der Waals surface area contributed by atoms with Crippen LogP contribution in [0.15, 0.2) is 29.4 Å². The lowest BCUT2D eigenvalue weighted by Crippen LogP contribution is -2.15. The predicted octanol–water partition coefficient (Wildman–Crippen LogP) is 3.43. The summed E-state index contributed by atoms with van der Waals surface area (Å²) in [6.45, 7) is 9.16. The van der Waals surface area contributed by atoms with Crippen molar-refractivity contribution in [1.29, 1.82) is 0 Å². The van der Waals surface area contributed by atoms with Crippen molar-refractivity contribution >= 4 is 17.7 Å². The van der Waals surface area contributed by atoms with E-state index in [1.807, 2.05) is 32.0 Å². The zero-order valence-electron chi connectivity index (χ0n) is 15.9. The van der Waals surface area contributed by atoms with E-state index in [0.29, 0.717) is 12.3 Å². The summed E-state index contributed by atoms with van der Waals surface area (Å²) in [7, 11) is 0. The smallest absolute Gasteiger partial charge is 0.217 e. The van der Waals surface area contributed by atoms with E-state index in [1.165, 1.54) is 0 Å². The maximum Gasteiger partial charge on any atom is 0.217 e. The lowest BCUT2D eigenvalue weighted by atomic mass is 10.2. The van der Waals surface area contributed by atoms with E-state index >= 15 is 0 Å². The standard InChI is InChI=1S/C19H28N4O2S/c1-13(2)11-23-18(10-9-17(20)24)21-22-19(23)26-12-15-7-5-6-8-16(15)25-14(3)4/h5-8,13-14H,9-12H2,1-4H3,(H2,20,24). The number of thioether (sulfide) groups is 1. The molecular formula is C19H28N4O2S.